The van der Waals surface area contributed by atoms with Gasteiger partial charge in [-0.05, 0) is 6.92 Å². The summed E-state index contributed by atoms with van der Waals surface area (Å²) in [6.45, 7) is 2.26. The van der Waals surface area contributed by atoms with Crippen molar-refractivity contribution in [3.8, 4) is 6.07 Å². The van der Waals surface area contributed by atoms with Gasteiger partial charge in [0, 0.05) is 13.6 Å². The van der Waals surface area contributed by atoms with Crippen molar-refractivity contribution >= 4 is 11.6 Å². The molecule has 1 aromatic rings. The molecular formula is C9H11N5O2. The Bertz CT molecular complexity index is 411. The molecule has 7 heteroatoms. The molecule has 1 aromatic heterocycles. The molecule has 0 fully saturated rings. The van der Waals surface area contributed by atoms with E-state index in [0.29, 0.717) is 12.5 Å². The Balaban J connectivity index is 2.74. The van der Waals surface area contributed by atoms with Crippen molar-refractivity contribution in [1.82, 2.24) is 9.97 Å². The number of nitro groups is 1. The predicted octanol–water partition coefficient (Wildman–Crippen LogP) is 0.981. The highest BCUT2D eigenvalue weighted by Gasteiger charge is 2.11. The van der Waals surface area contributed by atoms with Crippen LogP contribution in [-0.2, 0) is 0 Å². The number of anilines is 1. The van der Waals surface area contributed by atoms with Crippen LogP contribution in [0.1, 0.15) is 6.92 Å². The fraction of sp³-hybridized carbons (Fsp3) is 0.444. The molecule has 0 radical (unpaired) electrons. The molecule has 84 valence electrons. The number of nitrogens with zero attached hydrogens (tertiary/aromatic N) is 5. The van der Waals surface area contributed by atoms with Crippen molar-refractivity contribution in [2.45, 2.75) is 6.92 Å². The molecule has 1 atom stereocenters. The van der Waals surface area contributed by atoms with Crippen LogP contribution in [0.5, 0.6) is 0 Å². The summed E-state index contributed by atoms with van der Waals surface area (Å²) in [5, 5.41) is 19.0. The summed E-state index contributed by atoms with van der Waals surface area (Å²) in [6, 6.07) is 2.09. The lowest BCUT2D eigenvalue weighted by atomic mass is 10.2. The Labute approximate surface area is 92.5 Å². The molecule has 7 nitrogen and oxygen atoms in total. The zero-order valence-corrected chi connectivity index (χ0v) is 8.99. The van der Waals surface area contributed by atoms with E-state index in [9.17, 15) is 10.1 Å². The molecule has 0 amide bonds. The molecule has 0 aromatic carbocycles. The third kappa shape index (κ3) is 2.88. The molecular weight excluding hydrogens is 210 g/mol. The highest BCUT2D eigenvalue weighted by Crippen LogP contribution is 2.11. The molecule has 1 heterocycles. The SMILES string of the molecule is CC(C#N)CN(C)c1ncc([N+](=O)[O-])cn1. The summed E-state index contributed by atoms with van der Waals surface area (Å²) >= 11 is 0. The van der Waals surface area contributed by atoms with Crippen molar-refractivity contribution in [2.75, 3.05) is 18.5 Å². The first-order chi connectivity index (χ1) is 7.54. The Hall–Kier alpha value is -2.23. The Morgan fingerprint density at radius 1 is 1.62 bits per heavy atom. The number of rotatable bonds is 4. The first kappa shape index (κ1) is 11.8. The van der Waals surface area contributed by atoms with Crippen LogP contribution in [0, 0.1) is 27.4 Å². The van der Waals surface area contributed by atoms with Gasteiger partial charge in [0.1, 0.15) is 12.4 Å². The highest BCUT2D eigenvalue weighted by molar-refractivity contribution is 5.33. The second kappa shape index (κ2) is 5.02. The van der Waals surface area contributed by atoms with E-state index in [1.165, 1.54) is 0 Å². The second-order valence-electron chi connectivity index (χ2n) is 3.41. The van der Waals surface area contributed by atoms with Crippen LogP contribution in [0.3, 0.4) is 0 Å². The highest BCUT2D eigenvalue weighted by atomic mass is 16.6. The monoisotopic (exact) mass is 221 g/mol. The van der Waals surface area contributed by atoms with Crippen LogP contribution >= 0.6 is 0 Å². The van der Waals surface area contributed by atoms with E-state index < -0.39 is 4.92 Å². The molecule has 0 spiro atoms. The average molecular weight is 221 g/mol. The van der Waals surface area contributed by atoms with E-state index in [0.717, 1.165) is 12.4 Å². The van der Waals surface area contributed by atoms with Gasteiger partial charge in [0.2, 0.25) is 5.95 Å². The number of hydrogen-bond acceptors (Lipinski definition) is 6. The van der Waals surface area contributed by atoms with Crippen LogP contribution in [0.15, 0.2) is 12.4 Å². The van der Waals surface area contributed by atoms with Gasteiger partial charge in [-0.1, -0.05) is 0 Å². The zero-order chi connectivity index (χ0) is 12.1. The quantitative estimate of drug-likeness (QED) is 0.555. The maximum Gasteiger partial charge on any atom is 0.305 e. The molecule has 0 aliphatic heterocycles. The molecule has 1 rings (SSSR count). The summed E-state index contributed by atoms with van der Waals surface area (Å²) in [5.74, 6) is 0.219. The number of aromatic nitrogens is 2. The maximum atomic E-state index is 10.4. The fourth-order valence-corrected chi connectivity index (χ4v) is 1.14. The Morgan fingerprint density at radius 3 is 2.62 bits per heavy atom. The van der Waals surface area contributed by atoms with Gasteiger partial charge in [0.15, 0.2) is 0 Å². The Kier molecular flexibility index (Phi) is 3.72. The number of nitriles is 1. The largest absolute Gasteiger partial charge is 0.343 e. The summed E-state index contributed by atoms with van der Waals surface area (Å²) in [5.41, 5.74) is -0.148. The van der Waals surface area contributed by atoms with E-state index in [-0.39, 0.29) is 11.6 Å². The van der Waals surface area contributed by atoms with Gasteiger partial charge in [-0.3, -0.25) is 10.1 Å². The first-order valence-electron chi connectivity index (χ1n) is 4.61. The van der Waals surface area contributed by atoms with E-state index in [1.807, 2.05) is 0 Å². The van der Waals surface area contributed by atoms with Gasteiger partial charge in [-0.2, -0.15) is 5.26 Å². The van der Waals surface area contributed by atoms with Crippen LogP contribution < -0.4 is 4.90 Å². The summed E-state index contributed by atoms with van der Waals surface area (Å²) in [4.78, 5) is 19.2. The minimum absolute atomic E-state index is 0.148. The minimum atomic E-state index is -0.554. The number of hydrogen-bond donors (Lipinski definition) is 0. The van der Waals surface area contributed by atoms with E-state index in [2.05, 4.69) is 16.0 Å². The molecule has 0 aliphatic rings. The third-order valence-electron chi connectivity index (χ3n) is 1.94. The molecule has 0 N–H and O–H groups in total. The topological polar surface area (TPSA) is 96.0 Å². The van der Waals surface area contributed by atoms with Crippen molar-refractivity contribution in [3.05, 3.63) is 22.5 Å². The standard InChI is InChI=1S/C9H11N5O2/c1-7(3-10)6-13(2)9-11-4-8(5-12-9)14(15)16/h4-5,7H,6H2,1-2H3. The second-order valence-corrected chi connectivity index (χ2v) is 3.41. The predicted molar refractivity (Wildman–Crippen MR) is 56.7 cm³/mol. The summed E-state index contributed by atoms with van der Waals surface area (Å²) in [7, 11) is 1.73. The summed E-state index contributed by atoms with van der Waals surface area (Å²) < 4.78 is 0. The lowest BCUT2D eigenvalue weighted by molar-refractivity contribution is -0.385. The Morgan fingerprint density at radius 2 is 2.19 bits per heavy atom. The fourth-order valence-electron chi connectivity index (χ4n) is 1.14. The van der Waals surface area contributed by atoms with Crippen LogP contribution in [0.2, 0.25) is 0 Å². The van der Waals surface area contributed by atoms with E-state index in [1.54, 1.807) is 18.9 Å². The van der Waals surface area contributed by atoms with E-state index >= 15 is 0 Å². The van der Waals surface area contributed by atoms with Crippen molar-refractivity contribution in [2.24, 2.45) is 5.92 Å². The minimum Gasteiger partial charge on any atom is -0.343 e. The van der Waals surface area contributed by atoms with Gasteiger partial charge in [-0.15, -0.1) is 0 Å². The molecule has 0 aliphatic carbocycles. The van der Waals surface area contributed by atoms with Gasteiger partial charge >= 0.3 is 5.69 Å². The van der Waals surface area contributed by atoms with Gasteiger partial charge in [0.25, 0.3) is 0 Å². The molecule has 0 saturated carbocycles. The lowest BCUT2D eigenvalue weighted by Gasteiger charge is -2.17. The van der Waals surface area contributed by atoms with Crippen LogP contribution in [0.4, 0.5) is 11.6 Å². The van der Waals surface area contributed by atoms with Gasteiger partial charge in [0.05, 0.1) is 16.9 Å². The zero-order valence-electron chi connectivity index (χ0n) is 8.99. The molecule has 0 saturated heterocycles. The van der Waals surface area contributed by atoms with Crippen LogP contribution in [0.25, 0.3) is 0 Å². The molecule has 16 heavy (non-hydrogen) atoms. The van der Waals surface area contributed by atoms with Gasteiger partial charge < -0.3 is 4.90 Å². The first-order valence-corrected chi connectivity index (χ1v) is 4.61. The van der Waals surface area contributed by atoms with Gasteiger partial charge in [-0.25, -0.2) is 9.97 Å². The molecule has 1 unspecified atom stereocenters. The lowest BCUT2D eigenvalue weighted by Crippen LogP contribution is -2.25. The van der Waals surface area contributed by atoms with Crippen molar-refractivity contribution in [1.29, 1.82) is 5.26 Å². The van der Waals surface area contributed by atoms with Crippen molar-refractivity contribution < 1.29 is 4.92 Å². The van der Waals surface area contributed by atoms with Crippen molar-refractivity contribution in [3.63, 3.8) is 0 Å². The van der Waals surface area contributed by atoms with E-state index in [4.69, 9.17) is 5.26 Å². The summed E-state index contributed by atoms with van der Waals surface area (Å²) in [6.07, 6.45) is 2.30. The average Bonchev–Trinajstić information content (AvgIpc) is 2.28. The third-order valence-corrected chi connectivity index (χ3v) is 1.94. The maximum absolute atomic E-state index is 10.4. The smallest absolute Gasteiger partial charge is 0.305 e. The van der Waals surface area contributed by atoms with Crippen LogP contribution in [-0.4, -0.2) is 28.5 Å². The molecule has 0 bridgehead atoms. The normalized spacial score (nSPS) is 11.6.